The third-order valence-corrected chi connectivity index (χ3v) is 26.4. The normalized spacial score (nSPS) is 15.3. The van der Waals surface area contributed by atoms with Crippen molar-refractivity contribution in [1.29, 1.82) is 0 Å². The highest BCUT2D eigenvalue weighted by Crippen LogP contribution is 2.65. The second-order valence-corrected chi connectivity index (χ2v) is 41.2. The molecule has 16 aromatic rings. The molecule has 0 bridgehead atoms. The van der Waals surface area contributed by atoms with E-state index >= 15 is 0 Å². The van der Waals surface area contributed by atoms with E-state index in [9.17, 15) is 11.0 Å². The van der Waals surface area contributed by atoms with Gasteiger partial charge in [0, 0.05) is 66.8 Å². The van der Waals surface area contributed by atoms with Gasteiger partial charge in [-0.2, -0.15) is 0 Å². The number of hydrogen-bond donors (Lipinski definition) is 0. The first kappa shape index (κ1) is 66.4. The van der Waals surface area contributed by atoms with Crippen LogP contribution in [0.15, 0.2) is 279 Å². The van der Waals surface area contributed by atoms with Crippen molar-refractivity contribution in [2.24, 2.45) is 0 Å². The minimum absolute atomic E-state index is 0.0222. The minimum Gasteiger partial charge on any atom is -0.311 e. The first-order valence-corrected chi connectivity index (χ1v) is 42.3. The Bertz CT molecular complexity index is 7240. The van der Waals surface area contributed by atoms with Crippen molar-refractivity contribution >= 4 is 101 Å². The second kappa shape index (κ2) is 25.7. The molecule has 0 amide bonds. The van der Waals surface area contributed by atoms with Gasteiger partial charge in [-0.15, -0.1) is 0 Å². The Kier molecular flexibility index (Phi) is 14.4. The van der Waals surface area contributed by atoms with Crippen LogP contribution in [0.1, 0.15) is 218 Å². The zero-order chi connectivity index (χ0) is 89.3. The van der Waals surface area contributed by atoms with Crippen LogP contribution in [-0.4, -0.2) is 15.8 Å². The van der Waals surface area contributed by atoms with Gasteiger partial charge in [0.15, 0.2) is 0 Å². The fraction of sp³-hybridized carbons (Fsp3) is 0.257. The highest BCUT2D eigenvalue weighted by molar-refractivity contribution is 7.00. The van der Waals surface area contributed by atoms with Gasteiger partial charge >= 0.3 is 0 Å². The van der Waals surface area contributed by atoms with Gasteiger partial charge in [0.2, 0.25) is 0 Å². The molecule has 5 heteroatoms. The second-order valence-electron chi connectivity index (χ2n) is 41.2. The average Bonchev–Trinajstić information content (AvgIpc) is 1.45. The molecule has 0 atom stereocenters. The van der Waals surface area contributed by atoms with Crippen molar-refractivity contribution in [3.8, 4) is 55.9 Å². The lowest BCUT2D eigenvalue weighted by Crippen LogP contribution is -2.61. The molecule has 0 unspecified atom stereocenters. The summed E-state index contributed by atoms with van der Waals surface area (Å²) in [4.78, 5) is 5.12. The van der Waals surface area contributed by atoms with Crippen LogP contribution in [0.2, 0.25) is 0 Å². The molecule has 4 nitrogen and oxygen atoms in total. The molecule has 0 N–H and O–H groups in total. The number of rotatable bonds is 6. The SMILES string of the molecule is [2H]c1c([2H])c([2H])c2c(c1[2H])c1c([2H])c([2H])c([2H])c([2H])c1n2-c1ccc2c(c1)N(c1ccc(C(C)(C)C)cc1-c1cc(C(C)(C)C)cc(C(C)(C)C)c1)c1cc(C(C)(C)C)cc3c1B2c1ccc(-n2c4ccccc4c4c5c(ccc42)-c2ccccc2C52c4ccccc4-c4ccccc42)cc1N3c1ccc(C(C)(C)C)cc1-c1cc(C(C)(C)C)cc(C(C)(C)C)c1. The van der Waals surface area contributed by atoms with E-state index < -0.39 is 41.7 Å². The molecule has 0 saturated heterocycles. The summed E-state index contributed by atoms with van der Waals surface area (Å²) in [7, 11) is 0. The molecule has 2 aliphatic heterocycles. The Labute approximate surface area is 711 Å². The lowest BCUT2D eigenvalue weighted by molar-refractivity contribution is 0.568. The third kappa shape index (κ3) is 11.4. The van der Waals surface area contributed by atoms with Crippen molar-refractivity contribution in [2.75, 3.05) is 9.80 Å². The molecule has 20 rings (SSSR count). The summed E-state index contributed by atoms with van der Waals surface area (Å²) in [6.07, 6.45) is 0. The summed E-state index contributed by atoms with van der Waals surface area (Å²) in [6, 6.07) is 85.1. The zero-order valence-corrected chi connectivity index (χ0v) is 72.3. The van der Waals surface area contributed by atoms with Gasteiger partial charge < -0.3 is 18.9 Å². The number of hydrogen-bond acceptors (Lipinski definition) is 2. The summed E-state index contributed by atoms with van der Waals surface area (Å²) >= 11 is 0. The van der Waals surface area contributed by atoms with Crippen LogP contribution in [0.25, 0.3) is 99.5 Å². The quantitative estimate of drug-likeness (QED) is 0.154. The molecule has 4 heterocycles. The number of benzene rings is 14. The number of aromatic nitrogens is 2. The number of fused-ring (bicyclic) bond motifs is 21. The van der Waals surface area contributed by atoms with E-state index in [-0.39, 0.29) is 78.5 Å². The molecule has 2 aliphatic carbocycles. The Hall–Kier alpha value is -11.7. The zero-order valence-electron chi connectivity index (χ0n) is 80.3. The molecular formula is C113H109BN4. The van der Waals surface area contributed by atoms with Gasteiger partial charge in [-0.05, 0) is 234 Å². The number of anilines is 6. The molecule has 0 fully saturated rings. The summed E-state index contributed by atoms with van der Waals surface area (Å²) < 4.78 is 80.7. The monoisotopic (exact) mass is 1540 g/mol. The summed E-state index contributed by atoms with van der Waals surface area (Å²) in [5.41, 5.74) is 32.7. The Balaban J connectivity index is 0.955. The maximum Gasteiger partial charge on any atom is 0.252 e. The van der Waals surface area contributed by atoms with E-state index in [2.05, 4.69) is 384 Å². The van der Waals surface area contributed by atoms with Gasteiger partial charge in [-0.3, -0.25) is 0 Å². The van der Waals surface area contributed by atoms with Crippen molar-refractivity contribution in [1.82, 2.24) is 9.13 Å². The Morgan fingerprint density at radius 1 is 0.271 bits per heavy atom. The average molecular weight is 1540 g/mol. The van der Waals surface area contributed by atoms with Crippen LogP contribution in [-0.2, 0) is 43.3 Å². The lowest BCUT2D eigenvalue weighted by atomic mass is 9.33. The number of para-hydroxylation sites is 3. The first-order valence-electron chi connectivity index (χ1n) is 46.3. The largest absolute Gasteiger partial charge is 0.311 e. The molecule has 14 aromatic carbocycles. The topological polar surface area (TPSA) is 16.3 Å². The number of nitrogens with zero attached hydrogens (tertiary/aromatic N) is 4. The summed E-state index contributed by atoms with van der Waals surface area (Å²) in [5, 5.41) is 2.41. The van der Waals surface area contributed by atoms with Crippen LogP contribution >= 0.6 is 0 Å². The van der Waals surface area contributed by atoms with E-state index in [0.29, 0.717) is 5.69 Å². The smallest absolute Gasteiger partial charge is 0.252 e. The van der Waals surface area contributed by atoms with Gasteiger partial charge in [0.1, 0.15) is 0 Å². The summed E-state index contributed by atoms with van der Waals surface area (Å²) in [6.45, 7) is 48.0. The Morgan fingerprint density at radius 2 is 0.644 bits per heavy atom. The maximum atomic E-state index is 9.97. The molecule has 0 saturated carbocycles. The van der Waals surface area contributed by atoms with Crippen LogP contribution in [0.4, 0.5) is 34.1 Å². The first-order chi connectivity index (χ1) is 59.3. The van der Waals surface area contributed by atoms with E-state index in [1.165, 1.54) is 77.7 Å². The van der Waals surface area contributed by atoms with E-state index in [4.69, 9.17) is 0 Å². The molecular weight excluding hydrogens is 1420 g/mol. The predicted octanol–water partition coefficient (Wildman–Crippen LogP) is 28.7. The molecule has 1 spiro atoms. The van der Waals surface area contributed by atoms with E-state index in [1.54, 1.807) is 4.57 Å². The van der Waals surface area contributed by atoms with Crippen molar-refractivity contribution in [3.63, 3.8) is 0 Å². The third-order valence-electron chi connectivity index (χ3n) is 26.4. The van der Waals surface area contributed by atoms with Crippen molar-refractivity contribution in [3.05, 3.63) is 340 Å². The maximum absolute atomic E-state index is 9.97. The van der Waals surface area contributed by atoms with Crippen LogP contribution in [0.3, 0.4) is 0 Å². The highest BCUT2D eigenvalue weighted by atomic mass is 15.2. The van der Waals surface area contributed by atoms with Crippen molar-refractivity contribution in [2.45, 2.75) is 189 Å². The van der Waals surface area contributed by atoms with Gasteiger partial charge in [0.25, 0.3) is 6.71 Å². The van der Waals surface area contributed by atoms with Gasteiger partial charge in [0.05, 0.1) is 49.8 Å². The van der Waals surface area contributed by atoms with Crippen LogP contribution in [0, 0.1) is 0 Å². The van der Waals surface area contributed by atoms with Crippen molar-refractivity contribution < 1.29 is 11.0 Å². The Morgan fingerprint density at radius 3 is 1.07 bits per heavy atom. The standard InChI is InChI=1S/C113H109BN4/c1-106(2,3)70-46-53-96(86(62-70)68-56-72(108(7,8)9)60-73(57-68)109(10,11)12)117-99-66-77(115-93-43-31-25-37-82(93)83-38-26-32-44-94(83)115)48-51-91(99)114-92-52-49-78(116-95-45-33-27-39-85(95)103-98(116)55-50-84-81-36-24-30-42-90(81)113(104(84)103)88-40-28-22-34-79(88)80-35-23-29-41-89(80)113)67-100(92)118(102-65-76(112(19,20)21)64-101(117)105(102)114)97-54-47-71(107(4,5)6)63-87(97)69-58-74(110(13,14)15)61-75(59-69)111(16,17)18/h22-67H,1-21H3/i25D,26D,31D,32D,37D,38D,43D,44D. The summed E-state index contributed by atoms with van der Waals surface area (Å²) in [5.74, 6) is 0. The van der Waals surface area contributed by atoms with E-state index in [1.807, 2.05) is 6.07 Å². The minimum atomic E-state index is -0.641. The molecule has 584 valence electrons. The van der Waals surface area contributed by atoms with Gasteiger partial charge in [-0.25, -0.2) is 0 Å². The van der Waals surface area contributed by atoms with Crippen LogP contribution in [0.5, 0.6) is 0 Å². The fourth-order valence-corrected chi connectivity index (χ4v) is 20.0. The lowest BCUT2D eigenvalue weighted by Gasteiger charge is -2.46. The van der Waals surface area contributed by atoms with E-state index in [0.717, 1.165) is 106 Å². The highest BCUT2D eigenvalue weighted by Gasteiger charge is 2.54. The molecule has 4 aliphatic rings. The van der Waals surface area contributed by atoms with Crippen LogP contribution < -0.4 is 26.2 Å². The van der Waals surface area contributed by atoms with Gasteiger partial charge in [-0.1, -0.05) is 339 Å². The predicted molar refractivity (Wildman–Crippen MR) is 507 cm³/mol. The molecule has 0 radical (unpaired) electrons. The molecule has 2 aromatic heterocycles. The fourth-order valence-electron chi connectivity index (χ4n) is 20.0. The molecule has 118 heavy (non-hydrogen) atoms.